The zero-order valence-electron chi connectivity index (χ0n) is 11.8. The van der Waals surface area contributed by atoms with E-state index in [1.807, 2.05) is 0 Å². The predicted molar refractivity (Wildman–Crippen MR) is 78.2 cm³/mol. The minimum absolute atomic E-state index is 0.874. The highest BCUT2D eigenvalue weighted by Crippen LogP contribution is 2.37. The van der Waals surface area contributed by atoms with Crippen LogP contribution in [-0.4, -0.2) is 6.54 Å². The maximum Gasteiger partial charge on any atom is 0.0378 e. The molecule has 0 bridgehead atoms. The van der Waals surface area contributed by atoms with Crippen molar-refractivity contribution in [1.82, 2.24) is 0 Å². The van der Waals surface area contributed by atoms with Gasteiger partial charge in [0.1, 0.15) is 0 Å². The van der Waals surface area contributed by atoms with Gasteiger partial charge in [-0.1, -0.05) is 38.2 Å². The second-order valence-electron chi connectivity index (χ2n) is 6.35. The fraction of sp³-hybridized carbons (Fsp3) is 0.647. The van der Waals surface area contributed by atoms with Crippen molar-refractivity contribution in [1.29, 1.82) is 0 Å². The fourth-order valence-electron chi connectivity index (χ4n) is 3.94. The molecule has 18 heavy (non-hydrogen) atoms. The van der Waals surface area contributed by atoms with Crippen molar-refractivity contribution in [3.63, 3.8) is 0 Å². The van der Waals surface area contributed by atoms with Crippen LogP contribution in [0.2, 0.25) is 0 Å². The summed E-state index contributed by atoms with van der Waals surface area (Å²) in [6, 6.07) is 4.66. The van der Waals surface area contributed by atoms with E-state index in [9.17, 15) is 0 Å². The fourth-order valence-corrected chi connectivity index (χ4v) is 3.94. The highest BCUT2D eigenvalue weighted by atomic mass is 14.9. The lowest BCUT2D eigenvalue weighted by Crippen LogP contribution is -2.31. The quantitative estimate of drug-likeness (QED) is 0.767. The molecule has 1 unspecified atom stereocenters. The monoisotopic (exact) mass is 243 g/mol. The van der Waals surface area contributed by atoms with Gasteiger partial charge in [0.2, 0.25) is 0 Å². The van der Waals surface area contributed by atoms with Crippen LogP contribution < -0.4 is 5.32 Å². The van der Waals surface area contributed by atoms with Crippen LogP contribution >= 0.6 is 0 Å². The predicted octanol–water partition coefficient (Wildman–Crippen LogP) is 4.47. The Labute approximate surface area is 111 Å². The molecule has 0 saturated heterocycles. The summed E-state index contributed by atoms with van der Waals surface area (Å²) >= 11 is 0. The minimum atomic E-state index is 0.874. The van der Waals surface area contributed by atoms with Gasteiger partial charge in [-0.2, -0.15) is 0 Å². The van der Waals surface area contributed by atoms with E-state index in [-0.39, 0.29) is 0 Å². The van der Waals surface area contributed by atoms with Crippen LogP contribution in [0.3, 0.4) is 0 Å². The van der Waals surface area contributed by atoms with E-state index in [1.165, 1.54) is 61.9 Å². The van der Waals surface area contributed by atoms with Crippen LogP contribution in [0.1, 0.15) is 48.8 Å². The maximum atomic E-state index is 3.69. The molecule has 1 fully saturated rings. The normalized spacial score (nSPS) is 24.4. The van der Waals surface area contributed by atoms with Crippen molar-refractivity contribution < 1.29 is 0 Å². The Kier molecular flexibility index (Phi) is 3.32. The van der Waals surface area contributed by atoms with E-state index in [4.69, 9.17) is 0 Å². The molecule has 0 amide bonds. The molecule has 1 aromatic carbocycles. The Morgan fingerprint density at radius 1 is 1.00 bits per heavy atom. The van der Waals surface area contributed by atoms with Crippen molar-refractivity contribution >= 4 is 5.69 Å². The van der Waals surface area contributed by atoms with Crippen LogP contribution in [-0.2, 0) is 6.42 Å². The van der Waals surface area contributed by atoms with E-state index < -0.39 is 0 Å². The van der Waals surface area contributed by atoms with Crippen LogP contribution in [0.5, 0.6) is 0 Å². The molecule has 1 nitrogen and oxygen atoms in total. The van der Waals surface area contributed by atoms with Gasteiger partial charge in [0.15, 0.2) is 0 Å². The van der Waals surface area contributed by atoms with Gasteiger partial charge in [0.25, 0.3) is 0 Å². The minimum Gasteiger partial charge on any atom is -0.385 e. The lowest BCUT2D eigenvalue weighted by Gasteiger charge is -2.35. The van der Waals surface area contributed by atoms with Crippen LogP contribution in [0.15, 0.2) is 12.1 Å². The molecule has 2 aliphatic rings. The van der Waals surface area contributed by atoms with Gasteiger partial charge in [0, 0.05) is 12.2 Å². The zero-order chi connectivity index (χ0) is 12.5. The van der Waals surface area contributed by atoms with Gasteiger partial charge in [0.05, 0.1) is 0 Å². The number of aryl methyl sites for hydroxylation is 2. The van der Waals surface area contributed by atoms with Gasteiger partial charge in [-0.05, 0) is 54.9 Å². The van der Waals surface area contributed by atoms with E-state index >= 15 is 0 Å². The molecule has 98 valence electrons. The van der Waals surface area contributed by atoms with E-state index in [2.05, 4.69) is 31.3 Å². The molecule has 0 radical (unpaired) electrons. The lowest BCUT2D eigenvalue weighted by molar-refractivity contribution is 0.252. The van der Waals surface area contributed by atoms with Gasteiger partial charge < -0.3 is 5.32 Å². The molecule has 3 rings (SSSR count). The summed E-state index contributed by atoms with van der Waals surface area (Å²) in [7, 11) is 0. The van der Waals surface area contributed by atoms with Gasteiger partial charge in [-0.15, -0.1) is 0 Å². The third-order valence-electron chi connectivity index (χ3n) is 4.95. The summed E-state index contributed by atoms with van der Waals surface area (Å²) in [5, 5.41) is 3.69. The molecule has 0 spiro atoms. The smallest absolute Gasteiger partial charge is 0.0378 e. The second kappa shape index (κ2) is 4.95. The Bertz CT molecular complexity index is 429. The number of anilines is 1. The maximum absolute atomic E-state index is 3.69. The molecule has 1 heteroatoms. The number of rotatable bonds is 1. The summed E-state index contributed by atoms with van der Waals surface area (Å²) in [6.07, 6.45) is 8.62. The standard InChI is InChI=1S/C17H25N/c1-12-8-13(2)16-10-15(11-18-17(16)9-12)14-6-4-3-5-7-14/h8-9,14-15,18H,3-7,10-11H2,1-2H3. The first-order valence-electron chi connectivity index (χ1n) is 7.58. The molecular formula is C17H25N. The number of fused-ring (bicyclic) bond motifs is 1. The van der Waals surface area contributed by atoms with Crippen LogP contribution in [0, 0.1) is 25.7 Å². The SMILES string of the molecule is Cc1cc(C)c2c(c1)NCC(C1CCCCC1)C2. The highest BCUT2D eigenvalue weighted by Gasteiger charge is 2.28. The molecule has 1 heterocycles. The van der Waals surface area contributed by atoms with Crippen LogP contribution in [0.4, 0.5) is 5.69 Å². The Hall–Kier alpha value is -0.980. The van der Waals surface area contributed by atoms with Gasteiger partial charge in [-0.3, -0.25) is 0 Å². The Morgan fingerprint density at radius 2 is 1.78 bits per heavy atom. The van der Waals surface area contributed by atoms with Crippen molar-refractivity contribution in [3.05, 3.63) is 28.8 Å². The summed E-state index contributed by atoms with van der Waals surface area (Å²) in [6.45, 7) is 5.67. The van der Waals surface area contributed by atoms with E-state index in [0.29, 0.717) is 0 Å². The van der Waals surface area contributed by atoms with Crippen molar-refractivity contribution in [2.45, 2.75) is 52.4 Å². The third kappa shape index (κ3) is 2.28. The van der Waals surface area contributed by atoms with Crippen molar-refractivity contribution in [2.75, 3.05) is 11.9 Å². The first-order chi connectivity index (χ1) is 8.74. The summed E-state index contributed by atoms with van der Waals surface area (Å²) < 4.78 is 0. The molecule has 0 aromatic heterocycles. The summed E-state index contributed by atoms with van der Waals surface area (Å²) in [4.78, 5) is 0. The molecule has 1 aliphatic heterocycles. The van der Waals surface area contributed by atoms with Gasteiger partial charge in [-0.25, -0.2) is 0 Å². The topological polar surface area (TPSA) is 12.0 Å². The number of hydrogen-bond donors (Lipinski definition) is 1. The molecule has 1 atom stereocenters. The third-order valence-corrected chi connectivity index (χ3v) is 4.95. The molecule has 1 saturated carbocycles. The molecule has 1 N–H and O–H groups in total. The van der Waals surface area contributed by atoms with Crippen LogP contribution in [0.25, 0.3) is 0 Å². The Morgan fingerprint density at radius 3 is 2.56 bits per heavy atom. The number of nitrogens with one attached hydrogen (secondary N) is 1. The molecule has 1 aliphatic carbocycles. The average molecular weight is 243 g/mol. The second-order valence-corrected chi connectivity index (χ2v) is 6.35. The molecule has 1 aromatic rings. The van der Waals surface area contributed by atoms with E-state index in [1.54, 1.807) is 5.56 Å². The van der Waals surface area contributed by atoms with Crippen molar-refractivity contribution in [3.8, 4) is 0 Å². The number of benzene rings is 1. The number of hydrogen-bond acceptors (Lipinski definition) is 1. The highest BCUT2D eigenvalue weighted by molar-refractivity contribution is 5.58. The Balaban J connectivity index is 1.80. The first-order valence-corrected chi connectivity index (χ1v) is 7.58. The summed E-state index contributed by atoms with van der Waals surface area (Å²) in [5.74, 6) is 1.85. The molecular weight excluding hydrogens is 218 g/mol. The van der Waals surface area contributed by atoms with Crippen molar-refractivity contribution in [2.24, 2.45) is 11.8 Å². The zero-order valence-corrected chi connectivity index (χ0v) is 11.8. The lowest BCUT2D eigenvalue weighted by atomic mass is 9.75. The van der Waals surface area contributed by atoms with Gasteiger partial charge >= 0.3 is 0 Å². The summed E-state index contributed by atoms with van der Waals surface area (Å²) in [5.41, 5.74) is 5.86. The van der Waals surface area contributed by atoms with E-state index in [0.717, 1.165) is 11.8 Å². The average Bonchev–Trinajstić information content (AvgIpc) is 2.39. The first kappa shape index (κ1) is 12.1. The largest absolute Gasteiger partial charge is 0.385 e.